The van der Waals surface area contributed by atoms with Gasteiger partial charge in [-0.05, 0) is 23.9 Å². The van der Waals surface area contributed by atoms with Crippen LogP contribution in [0, 0.1) is 5.92 Å². The molecule has 2 N–H and O–H groups in total. The molecule has 1 unspecified atom stereocenters. The highest BCUT2D eigenvalue weighted by molar-refractivity contribution is 5.97. The molecule has 0 saturated carbocycles. The van der Waals surface area contributed by atoms with Gasteiger partial charge < -0.3 is 5.73 Å². The van der Waals surface area contributed by atoms with Crippen LogP contribution in [0.5, 0.6) is 0 Å². The fraction of sp³-hybridized carbons (Fsp3) is 0.533. The molecule has 1 atom stereocenters. The second-order valence-corrected chi connectivity index (χ2v) is 5.67. The number of benzene rings is 1. The molecule has 17 heavy (non-hydrogen) atoms. The quantitative estimate of drug-likeness (QED) is 0.812. The van der Waals surface area contributed by atoms with E-state index < -0.39 is 0 Å². The van der Waals surface area contributed by atoms with E-state index in [0.29, 0.717) is 6.54 Å². The van der Waals surface area contributed by atoms with Crippen molar-refractivity contribution < 1.29 is 4.79 Å². The first-order valence-corrected chi connectivity index (χ1v) is 6.21. The fourth-order valence-corrected chi connectivity index (χ4v) is 1.80. The largest absolute Gasteiger partial charge is 0.330 e. The zero-order valence-electron chi connectivity index (χ0n) is 11.3. The number of carbonyl (C=O) groups excluding carboxylic acids is 1. The highest BCUT2D eigenvalue weighted by Crippen LogP contribution is 2.23. The molecule has 0 heterocycles. The molecule has 0 aliphatic heterocycles. The van der Waals surface area contributed by atoms with Crippen LogP contribution < -0.4 is 5.73 Å². The molecule has 0 fully saturated rings. The molecule has 0 aromatic heterocycles. The number of carbonyl (C=O) groups is 1. The average molecular weight is 233 g/mol. The third-order valence-corrected chi connectivity index (χ3v) is 3.08. The van der Waals surface area contributed by atoms with E-state index in [-0.39, 0.29) is 17.1 Å². The van der Waals surface area contributed by atoms with Crippen molar-refractivity contribution in [1.82, 2.24) is 0 Å². The lowest BCUT2D eigenvalue weighted by atomic mass is 9.86. The minimum Gasteiger partial charge on any atom is -0.330 e. The number of ketones is 1. The van der Waals surface area contributed by atoms with Crippen LogP contribution in [0.15, 0.2) is 24.3 Å². The van der Waals surface area contributed by atoms with Crippen LogP contribution in [0.25, 0.3) is 0 Å². The molecule has 0 aliphatic rings. The predicted octanol–water partition coefficient (Wildman–Crippen LogP) is 3.15. The van der Waals surface area contributed by atoms with Crippen molar-refractivity contribution in [2.24, 2.45) is 11.7 Å². The van der Waals surface area contributed by atoms with Crippen molar-refractivity contribution in [2.45, 2.75) is 39.5 Å². The Labute approximate surface area is 104 Å². The van der Waals surface area contributed by atoms with Crippen molar-refractivity contribution in [3.63, 3.8) is 0 Å². The lowest BCUT2D eigenvalue weighted by Gasteiger charge is -2.19. The lowest BCUT2D eigenvalue weighted by Crippen LogP contribution is -2.16. The first kappa shape index (κ1) is 13.9. The van der Waals surface area contributed by atoms with E-state index in [4.69, 9.17) is 5.73 Å². The van der Waals surface area contributed by atoms with Gasteiger partial charge in [0.05, 0.1) is 0 Å². The first-order chi connectivity index (χ1) is 7.86. The number of hydrogen-bond donors (Lipinski definition) is 1. The Kier molecular flexibility index (Phi) is 4.47. The summed E-state index contributed by atoms with van der Waals surface area (Å²) in [4.78, 5) is 12.0. The molecule has 0 spiro atoms. The van der Waals surface area contributed by atoms with Crippen LogP contribution >= 0.6 is 0 Å². The molecule has 1 aromatic rings. The Balaban J connectivity index is 2.84. The maximum absolute atomic E-state index is 12.0. The smallest absolute Gasteiger partial charge is 0.165 e. The van der Waals surface area contributed by atoms with Crippen molar-refractivity contribution in [1.29, 1.82) is 0 Å². The molecule has 94 valence electrons. The van der Waals surface area contributed by atoms with E-state index in [2.05, 4.69) is 20.8 Å². The van der Waals surface area contributed by atoms with Crippen LogP contribution in [0.2, 0.25) is 0 Å². The topological polar surface area (TPSA) is 43.1 Å². The predicted molar refractivity (Wildman–Crippen MR) is 72.3 cm³/mol. The second-order valence-electron chi connectivity index (χ2n) is 5.67. The van der Waals surface area contributed by atoms with Gasteiger partial charge in [-0.15, -0.1) is 0 Å². The molecule has 0 aliphatic carbocycles. The Hall–Kier alpha value is -1.15. The lowest BCUT2D eigenvalue weighted by molar-refractivity contribution is 0.0925. The fourth-order valence-electron chi connectivity index (χ4n) is 1.80. The molecule has 0 radical (unpaired) electrons. The Morgan fingerprint density at radius 2 is 1.76 bits per heavy atom. The average Bonchev–Trinajstić information content (AvgIpc) is 2.27. The van der Waals surface area contributed by atoms with Gasteiger partial charge in [-0.3, -0.25) is 4.79 Å². The highest BCUT2D eigenvalue weighted by Gasteiger charge is 2.17. The Bertz CT molecular complexity index is 373. The van der Waals surface area contributed by atoms with Gasteiger partial charge in [-0.2, -0.15) is 0 Å². The summed E-state index contributed by atoms with van der Waals surface area (Å²) in [6.45, 7) is 9.00. The molecular formula is C15H23NO. The van der Waals surface area contributed by atoms with E-state index in [1.54, 1.807) is 0 Å². The molecule has 1 aromatic carbocycles. The first-order valence-electron chi connectivity index (χ1n) is 6.21. The zero-order valence-corrected chi connectivity index (χ0v) is 11.3. The van der Waals surface area contributed by atoms with Crippen molar-refractivity contribution >= 4 is 5.78 Å². The summed E-state index contributed by atoms with van der Waals surface area (Å²) in [6.07, 6.45) is 0.750. The molecule has 0 amide bonds. The standard InChI is InChI=1S/C15H23NO/c1-11(9-10-16)14(17)12-5-7-13(8-6-12)15(2,3)4/h5-8,11H,9-10,16H2,1-4H3. The summed E-state index contributed by atoms with van der Waals surface area (Å²) in [5.41, 5.74) is 7.64. The van der Waals surface area contributed by atoms with Crippen molar-refractivity contribution in [2.75, 3.05) is 6.54 Å². The van der Waals surface area contributed by atoms with Crippen molar-refractivity contribution in [3.05, 3.63) is 35.4 Å². The highest BCUT2D eigenvalue weighted by atomic mass is 16.1. The van der Waals surface area contributed by atoms with Crippen LogP contribution in [-0.2, 0) is 5.41 Å². The summed E-state index contributed by atoms with van der Waals surface area (Å²) in [5, 5.41) is 0. The number of nitrogens with two attached hydrogens (primary N) is 1. The monoisotopic (exact) mass is 233 g/mol. The van der Waals surface area contributed by atoms with Crippen LogP contribution in [0.4, 0.5) is 0 Å². The SMILES string of the molecule is CC(CCN)C(=O)c1ccc(C(C)(C)C)cc1. The summed E-state index contributed by atoms with van der Waals surface area (Å²) in [7, 11) is 0. The van der Waals surface area contributed by atoms with Gasteiger partial charge in [0.1, 0.15) is 0 Å². The molecule has 2 heteroatoms. The second kappa shape index (κ2) is 5.46. The van der Waals surface area contributed by atoms with Gasteiger partial charge in [0.2, 0.25) is 0 Å². The van der Waals surface area contributed by atoms with E-state index in [0.717, 1.165) is 12.0 Å². The molecule has 1 rings (SSSR count). The number of hydrogen-bond acceptors (Lipinski definition) is 2. The van der Waals surface area contributed by atoms with E-state index >= 15 is 0 Å². The van der Waals surface area contributed by atoms with Crippen molar-refractivity contribution in [3.8, 4) is 0 Å². The normalized spacial score (nSPS) is 13.5. The van der Waals surface area contributed by atoms with E-state index in [1.165, 1.54) is 5.56 Å². The van der Waals surface area contributed by atoms with Gasteiger partial charge in [0.25, 0.3) is 0 Å². The molecule has 0 bridgehead atoms. The van der Waals surface area contributed by atoms with Gasteiger partial charge in [-0.1, -0.05) is 52.0 Å². The Morgan fingerprint density at radius 1 is 1.24 bits per heavy atom. The maximum atomic E-state index is 12.0. The van der Waals surface area contributed by atoms with Crippen LogP contribution in [0.3, 0.4) is 0 Å². The Morgan fingerprint density at radius 3 is 2.18 bits per heavy atom. The van der Waals surface area contributed by atoms with Crippen LogP contribution in [-0.4, -0.2) is 12.3 Å². The summed E-state index contributed by atoms with van der Waals surface area (Å²) in [5.74, 6) is 0.205. The maximum Gasteiger partial charge on any atom is 0.165 e. The van der Waals surface area contributed by atoms with Crippen LogP contribution in [0.1, 0.15) is 50.0 Å². The van der Waals surface area contributed by atoms with Gasteiger partial charge in [0, 0.05) is 11.5 Å². The summed E-state index contributed by atoms with van der Waals surface area (Å²) >= 11 is 0. The third-order valence-electron chi connectivity index (χ3n) is 3.08. The molecule has 0 saturated heterocycles. The zero-order chi connectivity index (χ0) is 13.1. The van der Waals surface area contributed by atoms with Gasteiger partial charge in [-0.25, -0.2) is 0 Å². The third kappa shape index (κ3) is 3.67. The van der Waals surface area contributed by atoms with E-state index in [1.807, 2.05) is 31.2 Å². The number of Topliss-reactive ketones (excluding diaryl/α,β-unsaturated/α-hetero) is 1. The summed E-state index contributed by atoms with van der Waals surface area (Å²) in [6, 6.07) is 7.94. The van der Waals surface area contributed by atoms with E-state index in [9.17, 15) is 4.79 Å². The minimum atomic E-state index is 0.0143. The van der Waals surface area contributed by atoms with Gasteiger partial charge in [0.15, 0.2) is 5.78 Å². The minimum absolute atomic E-state index is 0.0143. The molecule has 2 nitrogen and oxygen atoms in total. The summed E-state index contributed by atoms with van der Waals surface area (Å²) < 4.78 is 0. The van der Waals surface area contributed by atoms with Gasteiger partial charge >= 0.3 is 0 Å². The molecular weight excluding hydrogens is 210 g/mol. The number of rotatable bonds is 4.